The molecule has 1 heterocycles. The smallest absolute Gasteiger partial charge is 0.243 e. The zero-order valence-corrected chi connectivity index (χ0v) is 17.3. The van der Waals surface area contributed by atoms with Crippen LogP contribution in [0.4, 0.5) is 0 Å². The van der Waals surface area contributed by atoms with Gasteiger partial charge in [-0.3, -0.25) is 0 Å². The number of piperazine rings is 1. The Hall–Kier alpha value is -2.21. The number of nitrogens with zero attached hydrogens (tertiary/aromatic N) is 1. The van der Waals surface area contributed by atoms with Gasteiger partial charge >= 0.3 is 0 Å². The van der Waals surface area contributed by atoms with Gasteiger partial charge in [0.25, 0.3) is 0 Å². The molecule has 0 radical (unpaired) electrons. The second kappa shape index (κ2) is 7.66. The van der Waals surface area contributed by atoms with Crippen LogP contribution in [0.5, 0.6) is 0 Å². The maximum absolute atomic E-state index is 13.0. The molecule has 1 fully saturated rings. The Morgan fingerprint density at radius 1 is 0.893 bits per heavy atom. The van der Waals surface area contributed by atoms with E-state index in [1.54, 1.807) is 16.4 Å². The summed E-state index contributed by atoms with van der Waals surface area (Å²) >= 11 is 0. The van der Waals surface area contributed by atoms with Crippen molar-refractivity contribution in [3.63, 3.8) is 0 Å². The molecule has 0 bridgehead atoms. The fourth-order valence-electron chi connectivity index (χ4n) is 3.96. The SMILES string of the molecule is Cc1ccc(S(=O)(=O)N2CC[NH+](Cc3cccc4ccccc34)CC2)cc1C. The van der Waals surface area contributed by atoms with Gasteiger partial charge < -0.3 is 4.90 Å². The molecule has 0 spiro atoms. The van der Waals surface area contributed by atoms with E-state index in [4.69, 9.17) is 0 Å². The van der Waals surface area contributed by atoms with E-state index < -0.39 is 10.0 Å². The second-order valence-electron chi connectivity index (χ2n) is 7.72. The van der Waals surface area contributed by atoms with Crippen LogP contribution in [0.3, 0.4) is 0 Å². The zero-order chi connectivity index (χ0) is 19.7. The van der Waals surface area contributed by atoms with Gasteiger partial charge in [-0.25, -0.2) is 8.42 Å². The molecule has 1 saturated heterocycles. The van der Waals surface area contributed by atoms with Crippen LogP contribution in [0.15, 0.2) is 65.6 Å². The Balaban J connectivity index is 1.46. The number of hydrogen-bond donors (Lipinski definition) is 1. The first-order valence-corrected chi connectivity index (χ1v) is 11.3. The quantitative estimate of drug-likeness (QED) is 0.738. The Morgan fingerprint density at radius 2 is 1.61 bits per heavy atom. The van der Waals surface area contributed by atoms with Crippen LogP contribution in [0.25, 0.3) is 10.8 Å². The summed E-state index contributed by atoms with van der Waals surface area (Å²) in [6.45, 7) is 7.67. The number of sulfonamides is 1. The van der Waals surface area contributed by atoms with Crippen LogP contribution < -0.4 is 4.90 Å². The lowest BCUT2D eigenvalue weighted by atomic mass is 10.0. The van der Waals surface area contributed by atoms with Crippen molar-refractivity contribution in [2.24, 2.45) is 0 Å². The van der Waals surface area contributed by atoms with E-state index in [1.807, 2.05) is 19.9 Å². The molecule has 4 nitrogen and oxygen atoms in total. The monoisotopic (exact) mass is 395 g/mol. The summed E-state index contributed by atoms with van der Waals surface area (Å²) in [7, 11) is -3.41. The molecular weight excluding hydrogens is 368 g/mol. The van der Waals surface area contributed by atoms with E-state index in [1.165, 1.54) is 21.2 Å². The van der Waals surface area contributed by atoms with Crippen LogP contribution in [-0.4, -0.2) is 38.9 Å². The number of rotatable bonds is 4. The predicted octanol–water partition coefficient (Wildman–Crippen LogP) is 2.55. The van der Waals surface area contributed by atoms with Crippen LogP contribution in [0.2, 0.25) is 0 Å². The lowest BCUT2D eigenvalue weighted by molar-refractivity contribution is -0.917. The summed E-state index contributed by atoms with van der Waals surface area (Å²) in [5.41, 5.74) is 3.46. The molecule has 0 aromatic heterocycles. The minimum atomic E-state index is -3.41. The summed E-state index contributed by atoms with van der Waals surface area (Å²) < 4.78 is 27.7. The highest BCUT2D eigenvalue weighted by atomic mass is 32.2. The van der Waals surface area contributed by atoms with Gasteiger partial charge in [-0.15, -0.1) is 0 Å². The number of aryl methyl sites for hydroxylation is 2. The van der Waals surface area contributed by atoms with Crippen molar-refractivity contribution in [3.8, 4) is 0 Å². The van der Waals surface area contributed by atoms with Gasteiger partial charge in [-0.1, -0.05) is 48.5 Å². The average Bonchev–Trinajstić information content (AvgIpc) is 2.71. The van der Waals surface area contributed by atoms with E-state index in [9.17, 15) is 8.42 Å². The third-order valence-electron chi connectivity index (χ3n) is 5.87. The van der Waals surface area contributed by atoms with Crippen molar-refractivity contribution in [1.82, 2.24) is 4.31 Å². The van der Waals surface area contributed by atoms with Crippen molar-refractivity contribution >= 4 is 20.8 Å². The highest BCUT2D eigenvalue weighted by Gasteiger charge is 2.30. The van der Waals surface area contributed by atoms with Gasteiger partial charge in [0.15, 0.2) is 0 Å². The molecule has 0 amide bonds. The van der Waals surface area contributed by atoms with Crippen molar-refractivity contribution < 1.29 is 13.3 Å². The Morgan fingerprint density at radius 3 is 2.36 bits per heavy atom. The molecule has 1 aliphatic heterocycles. The first-order chi connectivity index (χ1) is 13.4. The number of hydrogen-bond acceptors (Lipinski definition) is 2. The van der Waals surface area contributed by atoms with E-state index in [2.05, 4.69) is 42.5 Å². The first-order valence-electron chi connectivity index (χ1n) is 9.83. The third kappa shape index (κ3) is 3.70. The fraction of sp³-hybridized carbons (Fsp3) is 0.304. The lowest BCUT2D eigenvalue weighted by Gasteiger charge is -2.31. The second-order valence-corrected chi connectivity index (χ2v) is 9.65. The van der Waals surface area contributed by atoms with Gasteiger partial charge in [0.2, 0.25) is 10.0 Å². The maximum atomic E-state index is 13.0. The topological polar surface area (TPSA) is 41.8 Å². The highest BCUT2D eigenvalue weighted by Crippen LogP contribution is 2.20. The largest absolute Gasteiger partial charge is 0.329 e. The molecule has 0 unspecified atom stereocenters. The number of nitrogens with one attached hydrogen (secondary N) is 1. The maximum Gasteiger partial charge on any atom is 0.243 e. The van der Waals surface area contributed by atoms with E-state index in [-0.39, 0.29) is 0 Å². The van der Waals surface area contributed by atoms with Crippen LogP contribution >= 0.6 is 0 Å². The summed E-state index contributed by atoms with van der Waals surface area (Å²) in [6.07, 6.45) is 0. The average molecular weight is 396 g/mol. The summed E-state index contributed by atoms with van der Waals surface area (Å²) in [4.78, 5) is 1.84. The molecule has 3 aromatic carbocycles. The molecule has 1 N–H and O–H groups in total. The van der Waals surface area contributed by atoms with Crippen molar-refractivity contribution in [1.29, 1.82) is 0 Å². The lowest BCUT2D eigenvalue weighted by Crippen LogP contribution is -3.13. The predicted molar refractivity (Wildman–Crippen MR) is 113 cm³/mol. The van der Waals surface area contributed by atoms with Crippen LogP contribution in [0, 0.1) is 13.8 Å². The molecule has 5 heteroatoms. The summed E-state index contributed by atoms with van der Waals surface area (Å²) in [6, 6.07) is 20.3. The van der Waals surface area contributed by atoms with E-state index in [0.29, 0.717) is 18.0 Å². The van der Waals surface area contributed by atoms with Crippen molar-refractivity contribution in [3.05, 3.63) is 77.4 Å². The molecule has 4 rings (SSSR count). The van der Waals surface area contributed by atoms with Crippen LogP contribution in [0.1, 0.15) is 16.7 Å². The van der Waals surface area contributed by atoms with Gasteiger partial charge in [0.05, 0.1) is 31.1 Å². The molecular formula is C23H27N2O2S+. The fourth-order valence-corrected chi connectivity index (χ4v) is 5.49. The Labute approximate surface area is 167 Å². The third-order valence-corrected chi connectivity index (χ3v) is 7.76. The molecule has 1 aliphatic rings. The zero-order valence-electron chi connectivity index (χ0n) is 16.5. The molecule has 146 valence electrons. The van der Waals surface area contributed by atoms with Gasteiger partial charge in [-0.05, 0) is 47.9 Å². The molecule has 0 aliphatic carbocycles. The number of quaternary nitrogens is 1. The van der Waals surface area contributed by atoms with Crippen LogP contribution in [-0.2, 0) is 16.6 Å². The summed E-state index contributed by atoms with van der Waals surface area (Å²) in [5, 5.41) is 2.55. The van der Waals surface area contributed by atoms with Crippen molar-refractivity contribution in [2.45, 2.75) is 25.3 Å². The standard InChI is InChI=1S/C23H26N2O2S/c1-18-10-11-22(16-19(18)2)28(26,27)25-14-12-24(13-15-25)17-21-8-5-7-20-6-3-4-9-23(20)21/h3-11,16H,12-15,17H2,1-2H3/p+1. The van der Waals surface area contributed by atoms with Gasteiger partial charge in [0.1, 0.15) is 6.54 Å². The van der Waals surface area contributed by atoms with Gasteiger partial charge in [-0.2, -0.15) is 4.31 Å². The molecule has 0 atom stereocenters. The molecule has 28 heavy (non-hydrogen) atoms. The summed E-state index contributed by atoms with van der Waals surface area (Å²) in [5.74, 6) is 0. The number of benzene rings is 3. The van der Waals surface area contributed by atoms with Gasteiger partial charge in [0, 0.05) is 5.56 Å². The highest BCUT2D eigenvalue weighted by molar-refractivity contribution is 7.89. The van der Waals surface area contributed by atoms with E-state index in [0.717, 1.165) is 30.8 Å². The molecule has 3 aromatic rings. The Bertz CT molecular complexity index is 1100. The Kier molecular flexibility index (Phi) is 5.23. The first kappa shape index (κ1) is 19.1. The van der Waals surface area contributed by atoms with E-state index >= 15 is 0 Å². The normalized spacial score (nSPS) is 16.5. The minimum absolute atomic E-state index is 0.410. The van der Waals surface area contributed by atoms with Crippen molar-refractivity contribution in [2.75, 3.05) is 26.2 Å². The number of fused-ring (bicyclic) bond motifs is 1. The minimum Gasteiger partial charge on any atom is -0.329 e. The molecule has 0 saturated carbocycles.